The average molecular weight is 392 g/mol. The lowest BCUT2D eigenvalue weighted by Crippen LogP contribution is -2.50. The molecule has 1 aliphatic heterocycles. The van der Waals surface area contributed by atoms with E-state index < -0.39 is 0 Å². The molecule has 0 aromatic heterocycles. The van der Waals surface area contributed by atoms with E-state index in [1.807, 2.05) is 42.5 Å². The van der Waals surface area contributed by atoms with Gasteiger partial charge >= 0.3 is 0 Å². The summed E-state index contributed by atoms with van der Waals surface area (Å²) in [5.74, 6) is 0.329. The van der Waals surface area contributed by atoms with Crippen LogP contribution in [0.15, 0.2) is 53.0 Å². The normalized spacial score (nSPS) is 14.7. The minimum atomic E-state index is 0.329. The molecule has 23 heavy (non-hydrogen) atoms. The Balaban J connectivity index is 1.58. The Morgan fingerprint density at radius 2 is 1.78 bits per heavy atom. The van der Waals surface area contributed by atoms with Crippen molar-refractivity contribution in [3.8, 4) is 5.75 Å². The Labute approximate surface area is 149 Å². The number of halogens is 1. The summed E-state index contributed by atoms with van der Waals surface area (Å²) >= 11 is 8.97. The van der Waals surface area contributed by atoms with E-state index in [0.29, 0.717) is 5.75 Å². The first-order chi connectivity index (χ1) is 11.1. The first-order valence-electron chi connectivity index (χ1n) is 7.48. The lowest BCUT2D eigenvalue weighted by atomic mass is 10.2. The van der Waals surface area contributed by atoms with Gasteiger partial charge < -0.3 is 20.2 Å². The van der Waals surface area contributed by atoms with Gasteiger partial charge in [0.2, 0.25) is 0 Å². The van der Waals surface area contributed by atoms with Gasteiger partial charge in [-0.2, -0.15) is 0 Å². The van der Waals surface area contributed by atoms with E-state index in [1.165, 1.54) is 0 Å². The minimum absolute atomic E-state index is 0.329. The molecule has 2 N–H and O–H groups in total. The van der Waals surface area contributed by atoms with E-state index in [4.69, 9.17) is 12.2 Å². The van der Waals surface area contributed by atoms with E-state index in [1.54, 1.807) is 6.07 Å². The number of hydrogen-bond acceptors (Lipinski definition) is 3. The molecule has 1 saturated heterocycles. The highest BCUT2D eigenvalue weighted by Gasteiger charge is 2.20. The number of hydrogen-bond donors (Lipinski definition) is 2. The number of aromatic hydroxyl groups is 1. The third kappa shape index (κ3) is 3.95. The van der Waals surface area contributed by atoms with Gasteiger partial charge in [0.05, 0.1) is 5.69 Å². The van der Waals surface area contributed by atoms with Crippen LogP contribution in [0.5, 0.6) is 5.75 Å². The molecule has 0 atom stereocenters. The van der Waals surface area contributed by atoms with Crippen LogP contribution in [0.3, 0.4) is 0 Å². The SMILES string of the molecule is Oc1ccccc1N1CCN(C(=S)Nc2cccc(Br)c2)CC1. The van der Waals surface area contributed by atoms with Gasteiger partial charge in [0, 0.05) is 36.3 Å². The Hall–Kier alpha value is -1.79. The van der Waals surface area contributed by atoms with Gasteiger partial charge in [-0.15, -0.1) is 0 Å². The number of rotatable bonds is 2. The number of anilines is 2. The van der Waals surface area contributed by atoms with Gasteiger partial charge in [-0.3, -0.25) is 0 Å². The van der Waals surface area contributed by atoms with Crippen molar-refractivity contribution in [2.75, 3.05) is 36.4 Å². The molecule has 0 spiro atoms. The summed E-state index contributed by atoms with van der Waals surface area (Å²) in [5, 5.41) is 14.0. The molecular formula is C17H18BrN3OS. The van der Waals surface area contributed by atoms with Crippen LogP contribution in [0.25, 0.3) is 0 Å². The second-order valence-electron chi connectivity index (χ2n) is 5.40. The summed E-state index contributed by atoms with van der Waals surface area (Å²) in [6.45, 7) is 3.32. The zero-order chi connectivity index (χ0) is 16.2. The Morgan fingerprint density at radius 1 is 1.04 bits per heavy atom. The summed E-state index contributed by atoms with van der Waals surface area (Å²) in [5.41, 5.74) is 1.87. The van der Waals surface area contributed by atoms with Crippen LogP contribution in [-0.2, 0) is 0 Å². The summed E-state index contributed by atoms with van der Waals surface area (Å²) in [4.78, 5) is 4.35. The van der Waals surface area contributed by atoms with Crippen LogP contribution in [0, 0.1) is 0 Å². The van der Waals surface area contributed by atoms with Gasteiger partial charge in [0.1, 0.15) is 5.75 Å². The van der Waals surface area contributed by atoms with Gasteiger partial charge in [-0.1, -0.05) is 34.1 Å². The van der Waals surface area contributed by atoms with Crippen molar-refractivity contribution in [3.63, 3.8) is 0 Å². The van der Waals surface area contributed by atoms with Crippen molar-refractivity contribution in [3.05, 3.63) is 53.0 Å². The van der Waals surface area contributed by atoms with Crippen LogP contribution in [0.4, 0.5) is 11.4 Å². The third-order valence-corrected chi connectivity index (χ3v) is 4.72. The molecule has 0 bridgehead atoms. The summed E-state index contributed by atoms with van der Waals surface area (Å²) in [6, 6.07) is 15.4. The number of benzene rings is 2. The maximum atomic E-state index is 9.96. The van der Waals surface area contributed by atoms with E-state index in [2.05, 4.69) is 31.0 Å². The molecule has 1 aliphatic rings. The van der Waals surface area contributed by atoms with Crippen molar-refractivity contribution in [2.45, 2.75) is 0 Å². The fourth-order valence-corrected chi connectivity index (χ4v) is 3.35. The molecule has 2 aromatic carbocycles. The third-order valence-electron chi connectivity index (χ3n) is 3.87. The smallest absolute Gasteiger partial charge is 0.173 e. The lowest BCUT2D eigenvalue weighted by Gasteiger charge is -2.37. The van der Waals surface area contributed by atoms with Crippen molar-refractivity contribution in [1.29, 1.82) is 0 Å². The zero-order valence-corrected chi connectivity index (χ0v) is 15.0. The highest BCUT2D eigenvalue weighted by atomic mass is 79.9. The number of thiocarbonyl (C=S) groups is 1. The van der Waals surface area contributed by atoms with E-state index >= 15 is 0 Å². The number of phenolic OH excluding ortho intramolecular Hbond substituents is 1. The average Bonchev–Trinajstić information content (AvgIpc) is 2.55. The molecule has 0 aliphatic carbocycles. The van der Waals surface area contributed by atoms with Crippen LogP contribution in [-0.4, -0.2) is 41.3 Å². The van der Waals surface area contributed by atoms with Crippen molar-refractivity contribution in [1.82, 2.24) is 4.90 Å². The van der Waals surface area contributed by atoms with Crippen molar-refractivity contribution in [2.24, 2.45) is 0 Å². The molecule has 120 valence electrons. The van der Waals surface area contributed by atoms with Crippen molar-refractivity contribution >= 4 is 44.6 Å². The molecule has 0 unspecified atom stereocenters. The minimum Gasteiger partial charge on any atom is -0.506 e. The van der Waals surface area contributed by atoms with E-state index in [-0.39, 0.29) is 0 Å². The fourth-order valence-electron chi connectivity index (χ4n) is 2.65. The molecule has 1 heterocycles. The van der Waals surface area contributed by atoms with Gasteiger partial charge in [-0.05, 0) is 42.5 Å². The number of nitrogens with zero attached hydrogens (tertiary/aromatic N) is 2. The molecular weight excluding hydrogens is 374 g/mol. The monoisotopic (exact) mass is 391 g/mol. The second kappa shape index (κ2) is 7.19. The molecule has 3 rings (SSSR count). The first-order valence-corrected chi connectivity index (χ1v) is 8.68. The number of phenols is 1. The highest BCUT2D eigenvalue weighted by Crippen LogP contribution is 2.27. The molecule has 2 aromatic rings. The van der Waals surface area contributed by atoms with Crippen molar-refractivity contribution < 1.29 is 5.11 Å². The number of para-hydroxylation sites is 2. The Kier molecular flexibility index (Phi) is 5.03. The molecule has 6 heteroatoms. The quantitative estimate of drug-likeness (QED) is 0.763. The van der Waals surface area contributed by atoms with E-state index in [0.717, 1.165) is 47.1 Å². The Bertz CT molecular complexity index is 702. The maximum absolute atomic E-state index is 9.96. The van der Waals surface area contributed by atoms with Crippen LogP contribution in [0.1, 0.15) is 0 Å². The van der Waals surface area contributed by atoms with Gasteiger partial charge in [0.15, 0.2) is 5.11 Å². The molecule has 0 saturated carbocycles. The maximum Gasteiger partial charge on any atom is 0.173 e. The number of nitrogens with one attached hydrogen (secondary N) is 1. The molecule has 4 nitrogen and oxygen atoms in total. The predicted octanol–water partition coefficient (Wildman–Crippen LogP) is 3.67. The zero-order valence-electron chi connectivity index (χ0n) is 12.6. The lowest BCUT2D eigenvalue weighted by molar-refractivity contribution is 0.387. The Morgan fingerprint density at radius 3 is 2.48 bits per heavy atom. The molecule has 0 amide bonds. The standard InChI is InChI=1S/C17H18BrN3OS/c18-13-4-3-5-14(12-13)19-17(23)21-10-8-20(9-11-21)15-6-1-2-7-16(15)22/h1-7,12,22H,8-11H2,(H,19,23). The predicted molar refractivity (Wildman–Crippen MR) is 102 cm³/mol. The van der Waals surface area contributed by atoms with Crippen LogP contribution in [0.2, 0.25) is 0 Å². The molecule has 1 fully saturated rings. The van der Waals surface area contributed by atoms with Crippen LogP contribution < -0.4 is 10.2 Å². The highest BCUT2D eigenvalue weighted by molar-refractivity contribution is 9.10. The topological polar surface area (TPSA) is 38.7 Å². The summed E-state index contributed by atoms with van der Waals surface area (Å²) < 4.78 is 1.02. The summed E-state index contributed by atoms with van der Waals surface area (Å²) in [7, 11) is 0. The molecule has 0 radical (unpaired) electrons. The second-order valence-corrected chi connectivity index (χ2v) is 6.71. The fraction of sp³-hybridized carbons (Fsp3) is 0.235. The van der Waals surface area contributed by atoms with Gasteiger partial charge in [-0.25, -0.2) is 0 Å². The first kappa shape index (κ1) is 16.1. The number of piperazine rings is 1. The van der Waals surface area contributed by atoms with Crippen LogP contribution >= 0.6 is 28.1 Å². The van der Waals surface area contributed by atoms with Gasteiger partial charge in [0.25, 0.3) is 0 Å². The summed E-state index contributed by atoms with van der Waals surface area (Å²) in [6.07, 6.45) is 0. The largest absolute Gasteiger partial charge is 0.506 e. The van der Waals surface area contributed by atoms with E-state index in [9.17, 15) is 5.11 Å².